The molecule has 1 aliphatic carbocycles. The summed E-state index contributed by atoms with van der Waals surface area (Å²) < 4.78 is 0. The van der Waals surface area contributed by atoms with Crippen molar-refractivity contribution >= 4 is 0 Å². The van der Waals surface area contributed by atoms with Crippen LogP contribution in [0.15, 0.2) is 54.6 Å². The molecule has 1 heteroatoms. The minimum Gasteiger partial charge on any atom is -0.314 e. The molecule has 2 aromatic carbocycles. The summed E-state index contributed by atoms with van der Waals surface area (Å²) in [6.07, 6.45) is 3.71. The van der Waals surface area contributed by atoms with Crippen LogP contribution in [0.3, 0.4) is 0 Å². The molecular formula is C19H23N. The van der Waals surface area contributed by atoms with Crippen molar-refractivity contribution in [2.75, 3.05) is 6.54 Å². The second kappa shape index (κ2) is 6.23. The van der Waals surface area contributed by atoms with Crippen LogP contribution in [0.25, 0.3) is 0 Å². The molecular weight excluding hydrogens is 242 g/mol. The summed E-state index contributed by atoms with van der Waals surface area (Å²) in [4.78, 5) is 0. The Morgan fingerprint density at radius 3 is 2.55 bits per heavy atom. The van der Waals surface area contributed by atoms with Crippen LogP contribution in [0, 0.1) is 6.92 Å². The first kappa shape index (κ1) is 13.4. The smallest absolute Gasteiger partial charge is 0.00788 e. The van der Waals surface area contributed by atoms with E-state index in [1.54, 1.807) is 0 Å². The zero-order valence-electron chi connectivity index (χ0n) is 12.2. The van der Waals surface area contributed by atoms with Crippen LogP contribution in [0.5, 0.6) is 0 Å². The largest absolute Gasteiger partial charge is 0.314 e. The standard InChI is InChI=1S/C19H23N/c1-15-6-5-7-16(12-15)10-11-20-19-13-18(14-19)17-8-3-2-4-9-17/h2-9,12,18-20H,10-11,13-14H2,1H3. The molecule has 3 rings (SSSR count). The average Bonchev–Trinajstić information content (AvgIpc) is 2.42. The summed E-state index contributed by atoms with van der Waals surface area (Å²) in [6, 6.07) is 20.4. The second-order valence-electron chi connectivity index (χ2n) is 5.97. The number of benzene rings is 2. The van der Waals surface area contributed by atoms with E-state index in [1.807, 2.05) is 0 Å². The van der Waals surface area contributed by atoms with Gasteiger partial charge in [0.2, 0.25) is 0 Å². The van der Waals surface area contributed by atoms with Gasteiger partial charge in [0.15, 0.2) is 0 Å². The molecule has 0 atom stereocenters. The van der Waals surface area contributed by atoms with E-state index >= 15 is 0 Å². The lowest BCUT2D eigenvalue weighted by Crippen LogP contribution is -2.40. The highest BCUT2D eigenvalue weighted by Gasteiger charge is 2.29. The number of aryl methyl sites for hydroxylation is 1. The van der Waals surface area contributed by atoms with E-state index in [0.29, 0.717) is 6.04 Å². The first-order valence-electron chi connectivity index (χ1n) is 7.65. The molecule has 1 aliphatic rings. The molecule has 1 N–H and O–H groups in total. The van der Waals surface area contributed by atoms with Gasteiger partial charge in [-0.3, -0.25) is 0 Å². The fourth-order valence-electron chi connectivity index (χ4n) is 3.07. The van der Waals surface area contributed by atoms with E-state index in [0.717, 1.165) is 18.9 Å². The van der Waals surface area contributed by atoms with Gasteiger partial charge in [0, 0.05) is 6.04 Å². The van der Waals surface area contributed by atoms with Crippen LogP contribution < -0.4 is 5.32 Å². The van der Waals surface area contributed by atoms with Gasteiger partial charge >= 0.3 is 0 Å². The Balaban J connectivity index is 1.39. The third-order valence-electron chi connectivity index (χ3n) is 4.34. The molecule has 0 heterocycles. The monoisotopic (exact) mass is 265 g/mol. The molecule has 1 fully saturated rings. The summed E-state index contributed by atoms with van der Waals surface area (Å²) in [7, 11) is 0. The summed E-state index contributed by atoms with van der Waals surface area (Å²) >= 11 is 0. The van der Waals surface area contributed by atoms with Gasteiger partial charge in [-0.15, -0.1) is 0 Å². The first-order valence-corrected chi connectivity index (χ1v) is 7.65. The van der Waals surface area contributed by atoms with E-state index in [9.17, 15) is 0 Å². The molecule has 20 heavy (non-hydrogen) atoms. The number of nitrogens with one attached hydrogen (secondary N) is 1. The van der Waals surface area contributed by atoms with Gasteiger partial charge in [0.1, 0.15) is 0 Å². The topological polar surface area (TPSA) is 12.0 Å². The van der Waals surface area contributed by atoms with Crippen LogP contribution in [-0.4, -0.2) is 12.6 Å². The van der Waals surface area contributed by atoms with E-state index in [2.05, 4.69) is 66.8 Å². The maximum absolute atomic E-state index is 3.69. The van der Waals surface area contributed by atoms with Crippen molar-refractivity contribution in [3.8, 4) is 0 Å². The summed E-state index contributed by atoms with van der Waals surface area (Å²) in [5, 5.41) is 3.69. The molecule has 0 saturated heterocycles. The molecule has 2 aromatic rings. The van der Waals surface area contributed by atoms with Crippen molar-refractivity contribution in [1.29, 1.82) is 0 Å². The van der Waals surface area contributed by atoms with E-state index in [1.165, 1.54) is 29.5 Å². The quantitative estimate of drug-likeness (QED) is 0.859. The van der Waals surface area contributed by atoms with E-state index in [-0.39, 0.29) is 0 Å². The SMILES string of the molecule is Cc1cccc(CCNC2CC(c3ccccc3)C2)c1. The van der Waals surface area contributed by atoms with Crippen molar-refractivity contribution in [2.45, 2.75) is 38.1 Å². The lowest BCUT2D eigenvalue weighted by Gasteiger charge is -2.36. The molecule has 0 radical (unpaired) electrons. The van der Waals surface area contributed by atoms with E-state index < -0.39 is 0 Å². The zero-order chi connectivity index (χ0) is 13.8. The highest BCUT2D eigenvalue weighted by molar-refractivity contribution is 5.24. The fourth-order valence-corrected chi connectivity index (χ4v) is 3.07. The zero-order valence-corrected chi connectivity index (χ0v) is 12.2. The predicted octanol–water partition coefficient (Wildman–Crippen LogP) is 4.07. The number of rotatable bonds is 5. The lowest BCUT2D eigenvalue weighted by molar-refractivity contribution is 0.293. The molecule has 0 unspecified atom stereocenters. The van der Waals surface area contributed by atoms with Crippen LogP contribution in [0.4, 0.5) is 0 Å². The third-order valence-corrected chi connectivity index (χ3v) is 4.34. The van der Waals surface area contributed by atoms with Crippen molar-refractivity contribution in [2.24, 2.45) is 0 Å². The summed E-state index contributed by atoms with van der Waals surface area (Å²) in [6.45, 7) is 3.25. The lowest BCUT2D eigenvalue weighted by atomic mass is 9.76. The van der Waals surface area contributed by atoms with Gasteiger partial charge in [0.25, 0.3) is 0 Å². The minimum atomic E-state index is 0.713. The fraction of sp³-hybridized carbons (Fsp3) is 0.368. The Bertz CT molecular complexity index is 541. The predicted molar refractivity (Wildman–Crippen MR) is 85.1 cm³/mol. The Hall–Kier alpha value is -1.60. The van der Waals surface area contributed by atoms with Crippen molar-refractivity contribution in [3.63, 3.8) is 0 Å². The summed E-state index contributed by atoms with van der Waals surface area (Å²) in [5.74, 6) is 0.771. The van der Waals surface area contributed by atoms with Gasteiger partial charge in [-0.2, -0.15) is 0 Å². The summed E-state index contributed by atoms with van der Waals surface area (Å²) in [5.41, 5.74) is 4.30. The minimum absolute atomic E-state index is 0.713. The molecule has 1 nitrogen and oxygen atoms in total. The number of hydrogen-bond donors (Lipinski definition) is 1. The Kier molecular flexibility index (Phi) is 4.17. The van der Waals surface area contributed by atoms with Crippen LogP contribution >= 0.6 is 0 Å². The Morgan fingerprint density at radius 1 is 1.00 bits per heavy atom. The second-order valence-corrected chi connectivity index (χ2v) is 5.97. The normalized spacial score (nSPS) is 21.4. The molecule has 0 spiro atoms. The molecule has 0 aliphatic heterocycles. The van der Waals surface area contributed by atoms with Crippen molar-refractivity contribution in [3.05, 3.63) is 71.3 Å². The van der Waals surface area contributed by atoms with Gasteiger partial charge in [-0.05, 0) is 49.8 Å². The van der Waals surface area contributed by atoms with Gasteiger partial charge in [-0.25, -0.2) is 0 Å². The molecule has 0 amide bonds. The third kappa shape index (κ3) is 3.29. The highest BCUT2D eigenvalue weighted by Crippen LogP contribution is 2.36. The molecule has 104 valence electrons. The van der Waals surface area contributed by atoms with Gasteiger partial charge in [-0.1, -0.05) is 60.2 Å². The first-order chi connectivity index (χ1) is 9.81. The van der Waals surface area contributed by atoms with Crippen LogP contribution in [0.1, 0.15) is 35.4 Å². The van der Waals surface area contributed by atoms with Crippen molar-refractivity contribution in [1.82, 2.24) is 5.32 Å². The maximum Gasteiger partial charge on any atom is 0.00788 e. The van der Waals surface area contributed by atoms with Gasteiger partial charge in [0.05, 0.1) is 0 Å². The Labute approximate surface area is 122 Å². The number of hydrogen-bond acceptors (Lipinski definition) is 1. The van der Waals surface area contributed by atoms with Crippen LogP contribution in [0.2, 0.25) is 0 Å². The molecule has 0 aromatic heterocycles. The average molecular weight is 265 g/mol. The van der Waals surface area contributed by atoms with Crippen molar-refractivity contribution < 1.29 is 0 Å². The van der Waals surface area contributed by atoms with E-state index in [4.69, 9.17) is 0 Å². The van der Waals surface area contributed by atoms with Crippen LogP contribution in [-0.2, 0) is 6.42 Å². The molecule has 1 saturated carbocycles. The molecule has 0 bridgehead atoms. The maximum atomic E-state index is 3.69. The van der Waals surface area contributed by atoms with Gasteiger partial charge < -0.3 is 5.32 Å². The Morgan fingerprint density at radius 2 is 1.80 bits per heavy atom. The highest BCUT2D eigenvalue weighted by atomic mass is 14.9.